The van der Waals surface area contributed by atoms with Crippen LogP contribution in [0.2, 0.25) is 0 Å². The van der Waals surface area contributed by atoms with Gasteiger partial charge in [0.2, 0.25) is 0 Å². The molecule has 1 unspecified atom stereocenters. The van der Waals surface area contributed by atoms with Crippen LogP contribution in [0.1, 0.15) is 31.2 Å². The largest absolute Gasteiger partial charge is 0.469 e. The van der Waals surface area contributed by atoms with Crippen LogP contribution >= 0.6 is 0 Å². The standard InChI is InChI=1S/C15H19NO/c1-12(11-15-9-6-10-17-15)16-13(2)14-7-4-3-5-8-14/h3-10,12-13,16H,11H2,1-2H3/t12?,13-/m0/s1. The fraction of sp³-hybridized carbons (Fsp3) is 0.333. The van der Waals surface area contributed by atoms with Crippen LogP contribution in [0.4, 0.5) is 0 Å². The number of hydrogen-bond acceptors (Lipinski definition) is 2. The van der Waals surface area contributed by atoms with Crippen molar-refractivity contribution in [2.24, 2.45) is 0 Å². The van der Waals surface area contributed by atoms with Crippen molar-refractivity contribution < 1.29 is 4.42 Å². The summed E-state index contributed by atoms with van der Waals surface area (Å²) in [5, 5.41) is 3.57. The summed E-state index contributed by atoms with van der Waals surface area (Å²) in [6.07, 6.45) is 2.65. The van der Waals surface area contributed by atoms with E-state index in [1.54, 1.807) is 6.26 Å². The minimum atomic E-state index is 0.362. The van der Waals surface area contributed by atoms with Gasteiger partial charge in [0.1, 0.15) is 5.76 Å². The van der Waals surface area contributed by atoms with Crippen molar-refractivity contribution in [2.75, 3.05) is 0 Å². The lowest BCUT2D eigenvalue weighted by Crippen LogP contribution is -2.30. The van der Waals surface area contributed by atoms with E-state index in [0.717, 1.165) is 12.2 Å². The fourth-order valence-electron chi connectivity index (χ4n) is 2.05. The summed E-state index contributed by atoms with van der Waals surface area (Å²) < 4.78 is 5.35. The summed E-state index contributed by atoms with van der Waals surface area (Å²) in [4.78, 5) is 0. The maximum absolute atomic E-state index is 5.35. The minimum Gasteiger partial charge on any atom is -0.469 e. The second-order valence-electron chi connectivity index (χ2n) is 4.48. The summed E-state index contributed by atoms with van der Waals surface area (Å²) in [6.45, 7) is 4.37. The molecule has 1 aromatic heterocycles. The van der Waals surface area contributed by atoms with E-state index >= 15 is 0 Å². The normalized spacial score (nSPS) is 14.5. The lowest BCUT2D eigenvalue weighted by atomic mass is 10.1. The van der Waals surface area contributed by atoms with E-state index < -0.39 is 0 Å². The van der Waals surface area contributed by atoms with E-state index in [-0.39, 0.29) is 0 Å². The molecule has 2 nitrogen and oxygen atoms in total. The first-order valence-electron chi connectivity index (χ1n) is 6.09. The van der Waals surface area contributed by atoms with E-state index in [0.29, 0.717) is 12.1 Å². The van der Waals surface area contributed by atoms with Crippen LogP contribution in [0.15, 0.2) is 53.1 Å². The molecule has 2 aromatic rings. The van der Waals surface area contributed by atoms with Crippen LogP contribution < -0.4 is 5.32 Å². The van der Waals surface area contributed by atoms with Crippen LogP contribution in [-0.2, 0) is 6.42 Å². The van der Waals surface area contributed by atoms with Crippen molar-refractivity contribution in [3.05, 3.63) is 60.1 Å². The molecule has 1 N–H and O–H groups in total. The molecule has 0 bridgehead atoms. The molecule has 0 saturated carbocycles. The summed E-state index contributed by atoms with van der Waals surface area (Å²) in [6, 6.07) is 15.2. The lowest BCUT2D eigenvalue weighted by Gasteiger charge is -2.19. The molecule has 0 radical (unpaired) electrons. The molecule has 0 saturated heterocycles. The highest BCUT2D eigenvalue weighted by atomic mass is 16.3. The van der Waals surface area contributed by atoms with Crippen LogP contribution in [0.25, 0.3) is 0 Å². The van der Waals surface area contributed by atoms with E-state index in [4.69, 9.17) is 4.42 Å². The van der Waals surface area contributed by atoms with Gasteiger partial charge in [0.05, 0.1) is 6.26 Å². The van der Waals surface area contributed by atoms with Gasteiger partial charge >= 0.3 is 0 Å². The molecule has 0 spiro atoms. The highest BCUT2D eigenvalue weighted by Gasteiger charge is 2.10. The Bertz CT molecular complexity index is 421. The van der Waals surface area contributed by atoms with Gasteiger partial charge in [-0.3, -0.25) is 0 Å². The Morgan fingerprint density at radius 1 is 1.06 bits per heavy atom. The fourth-order valence-corrected chi connectivity index (χ4v) is 2.05. The molecular formula is C15H19NO. The zero-order valence-electron chi connectivity index (χ0n) is 10.4. The predicted octanol–water partition coefficient (Wildman–Crippen LogP) is 3.56. The number of rotatable bonds is 5. The van der Waals surface area contributed by atoms with Crippen molar-refractivity contribution in [3.8, 4) is 0 Å². The highest BCUT2D eigenvalue weighted by Crippen LogP contribution is 2.13. The quantitative estimate of drug-likeness (QED) is 0.848. The number of benzene rings is 1. The molecular weight excluding hydrogens is 210 g/mol. The molecule has 0 aliphatic heterocycles. The smallest absolute Gasteiger partial charge is 0.105 e. The van der Waals surface area contributed by atoms with Gasteiger partial charge in [-0.2, -0.15) is 0 Å². The molecule has 2 atom stereocenters. The first-order valence-corrected chi connectivity index (χ1v) is 6.09. The van der Waals surface area contributed by atoms with Crippen molar-refractivity contribution >= 4 is 0 Å². The lowest BCUT2D eigenvalue weighted by molar-refractivity contribution is 0.429. The minimum absolute atomic E-state index is 0.362. The number of nitrogens with one attached hydrogen (secondary N) is 1. The molecule has 0 fully saturated rings. The van der Waals surface area contributed by atoms with Gasteiger partial charge in [-0.15, -0.1) is 0 Å². The zero-order chi connectivity index (χ0) is 12.1. The molecule has 2 heteroatoms. The Labute approximate surface area is 103 Å². The van der Waals surface area contributed by atoms with Crippen LogP contribution in [-0.4, -0.2) is 6.04 Å². The van der Waals surface area contributed by atoms with E-state index in [2.05, 4.69) is 43.4 Å². The SMILES string of the molecule is CC(Cc1ccco1)N[C@@H](C)c1ccccc1. The van der Waals surface area contributed by atoms with Crippen molar-refractivity contribution in [2.45, 2.75) is 32.4 Å². The van der Waals surface area contributed by atoms with Gasteiger partial charge in [0, 0.05) is 18.5 Å². The van der Waals surface area contributed by atoms with Gasteiger partial charge in [-0.25, -0.2) is 0 Å². The molecule has 1 heterocycles. The number of furan rings is 1. The molecule has 17 heavy (non-hydrogen) atoms. The summed E-state index contributed by atoms with van der Waals surface area (Å²) in [7, 11) is 0. The van der Waals surface area contributed by atoms with E-state index in [1.807, 2.05) is 18.2 Å². The first kappa shape index (κ1) is 11.9. The molecule has 1 aromatic carbocycles. The van der Waals surface area contributed by atoms with Crippen LogP contribution in [0.3, 0.4) is 0 Å². The first-order chi connectivity index (χ1) is 8.25. The molecule has 0 amide bonds. The summed E-state index contributed by atoms with van der Waals surface area (Å²) in [5.74, 6) is 1.03. The Hall–Kier alpha value is -1.54. The van der Waals surface area contributed by atoms with Gasteiger partial charge in [0.15, 0.2) is 0 Å². The maximum Gasteiger partial charge on any atom is 0.105 e. The summed E-state index contributed by atoms with van der Waals surface area (Å²) >= 11 is 0. The van der Waals surface area contributed by atoms with Crippen LogP contribution in [0, 0.1) is 0 Å². The summed E-state index contributed by atoms with van der Waals surface area (Å²) in [5.41, 5.74) is 1.32. The second-order valence-corrected chi connectivity index (χ2v) is 4.48. The van der Waals surface area contributed by atoms with Crippen molar-refractivity contribution in [3.63, 3.8) is 0 Å². The van der Waals surface area contributed by atoms with E-state index in [9.17, 15) is 0 Å². The molecule has 0 aliphatic rings. The zero-order valence-corrected chi connectivity index (χ0v) is 10.4. The van der Waals surface area contributed by atoms with Crippen molar-refractivity contribution in [1.29, 1.82) is 0 Å². The monoisotopic (exact) mass is 229 g/mol. The Morgan fingerprint density at radius 2 is 1.82 bits per heavy atom. The predicted molar refractivity (Wildman–Crippen MR) is 69.9 cm³/mol. The highest BCUT2D eigenvalue weighted by molar-refractivity contribution is 5.18. The molecule has 90 valence electrons. The topological polar surface area (TPSA) is 25.2 Å². The Balaban J connectivity index is 1.88. The molecule has 2 rings (SSSR count). The Kier molecular flexibility index (Phi) is 3.99. The van der Waals surface area contributed by atoms with Gasteiger partial charge in [0.25, 0.3) is 0 Å². The second kappa shape index (κ2) is 5.69. The van der Waals surface area contributed by atoms with E-state index in [1.165, 1.54) is 5.56 Å². The third-order valence-electron chi connectivity index (χ3n) is 2.92. The third kappa shape index (κ3) is 3.46. The Morgan fingerprint density at radius 3 is 2.47 bits per heavy atom. The molecule has 0 aliphatic carbocycles. The van der Waals surface area contributed by atoms with Gasteiger partial charge in [-0.05, 0) is 31.5 Å². The number of hydrogen-bond donors (Lipinski definition) is 1. The van der Waals surface area contributed by atoms with Crippen molar-refractivity contribution in [1.82, 2.24) is 5.32 Å². The maximum atomic E-state index is 5.35. The van der Waals surface area contributed by atoms with Crippen LogP contribution in [0.5, 0.6) is 0 Å². The van der Waals surface area contributed by atoms with Gasteiger partial charge < -0.3 is 9.73 Å². The third-order valence-corrected chi connectivity index (χ3v) is 2.92. The van der Waals surface area contributed by atoms with Gasteiger partial charge in [-0.1, -0.05) is 30.3 Å². The average molecular weight is 229 g/mol. The average Bonchev–Trinajstić information content (AvgIpc) is 2.82.